The molecule has 10 heteroatoms. The maximum absolute atomic E-state index is 14.8. The highest BCUT2D eigenvalue weighted by Gasteiger charge is 2.45. The number of nitrogens with zero attached hydrogens (tertiary/aromatic N) is 3. The molecule has 2 rings (SSSR count). The van der Waals surface area contributed by atoms with Gasteiger partial charge in [0.25, 0.3) is 0 Å². The molecule has 1 unspecified atom stereocenters. The second kappa shape index (κ2) is 10.3. The number of rotatable bonds is 6. The molecule has 7 nitrogen and oxygen atoms in total. The Morgan fingerprint density at radius 1 is 1.33 bits per heavy atom. The van der Waals surface area contributed by atoms with Crippen LogP contribution in [0.15, 0.2) is 17.3 Å². The molecule has 2 heterocycles. The number of halogens is 1. The molecule has 1 aliphatic heterocycles. The van der Waals surface area contributed by atoms with Gasteiger partial charge in [-0.15, -0.1) is 0 Å². The number of amidine groups is 1. The van der Waals surface area contributed by atoms with Crippen LogP contribution < -0.4 is 5.73 Å². The Bertz CT molecular complexity index is 887. The monoisotopic (exact) mass is 498 g/mol. The van der Waals surface area contributed by atoms with E-state index in [0.29, 0.717) is 23.0 Å². The Morgan fingerprint density at radius 3 is 2.55 bits per heavy atom. The number of aromatic nitrogens is 1. The first-order valence-electron chi connectivity index (χ1n) is 11.3. The molecular weight excluding hydrogens is 459 g/mol. The van der Waals surface area contributed by atoms with Crippen molar-refractivity contribution in [3.8, 4) is 0 Å². The standard InChI is InChI=1S/C23H39FN4O3SSi/c1-15-16(2)32-20(27-23(15,6)18-12-17(25)13-26-19(18)24)28(21(29)31-22(3,4)5)14-30-10-11-33(7,8)9/h12-13,15-16H,10-11,14,25H2,1-9H3/t15-,16?,23+/m1/s1. The Labute approximate surface area is 202 Å². The number of carbonyl (C=O) groups excluding carboxylic acids is 1. The number of pyridine rings is 1. The van der Waals surface area contributed by atoms with Gasteiger partial charge in [0.15, 0.2) is 5.17 Å². The number of aliphatic imine (C=N–C) groups is 1. The molecule has 1 aliphatic rings. The lowest BCUT2D eigenvalue weighted by Gasteiger charge is -2.42. The largest absolute Gasteiger partial charge is 0.443 e. The SMILES string of the molecule is CC1SC(N(COCC[Si](C)(C)C)C(=O)OC(C)(C)C)=N[C@](C)(c2cc(N)cnc2F)[C@@H]1C. The molecule has 0 aromatic carbocycles. The van der Waals surface area contributed by atoms with Crippen molar-refractivity contribution in [1.29, 1.82) is 0 Å². The third-order valence-corrected chi connectivity index (χ3v) is 8.68. The highest BCUT2D eigenvalue weighted by Crippen LogP contribution is 2.45. The molecule has 0 spiro atoms. The molecule has 2 N–H and O–H groups in total. The van der Waals surface area contributed by atoms with Crippen molar-refractivity contribution in [2.24, 2.45) is 10.9 Å². The van der Waals surface area contributed by atoms with Gasteiger partial charge >= 0.3 is 6.09 Å². The summed E-state index contributed by atoms with van der Waals surface area (Å²) in [6, 6.07) is 2.55. The van der Waals surface area contributed by atoms with E-state index >= 15 is 0 Å². The van der Waals surface area contributed by atoms with E-state index in [2.05, 4.69) is 24.6 Å². The quantitative estimate of drug-likeness (QED) is 0.234. The normalized spacial score (nSPS) is 23.8. The van der Waals surface area contributed by atoms with Gasteiger partial charge in [-0.2, -0.15) is 4.39 Å². The molecule has 33 heavy (non-hydrogen) atoms. The fourth-order valence-electron chi connectivity index (χ4n) is 3.34. The van der Waals surface area contributed by atoms with E-state index in [1.165, 1.54) is 22.9 Å². The van der Waals surface area contributed by atoms with E-state index in [0.717, 1.165) is 6.04 Å². The zero-order chi connectivity index (χ0) is 25.2. The van der Waals surface area contributed by atoms with Gasteiger partial charge in [-0.3, -0.25) is 4.99 Å². The van der Waals surface area contributed by atoms with Gasteiger partial charge in [-0.1, -0.05) is 45.3 Å². The van der Waals surface area contributed by atoms with Crippen molar-refractivity contribution < 1.29 is 18.7 Å². The Hall–Kier alpha value is -1.65. The van der Waals surface area contributed by atoms with E-state index in [9.17, 15) is 9.18 Å². The van der Waals surface area contributed by atoms with Crippen LogP contribution in [0.5, 0.6) is 0 Å². The Balaban J connectivity index is 2.45. The summed E-state index contributed by atoms with van der Waals surface area (Å²) in [5.41, 5.74) is 4.94. The number of hydrogen-bond donors (Lipinski definition) is 1. The lowest BCUT2D eigenvalue weighted by atomic mass is 9.79. The van der Waals surface area contributed by atoms with Gasteiger partial charge < -0.3 is 15.2 Å². The maximum Gasteiger partial charge on any atom is 0.418 e. The van der Waals surface area contributed by atoms with Crippen molar-refractivity contribution in [3.63, 3.8) is 0 Å². The minimum Gasteiger partial charge on any atom is -0.443 e. The van der Waals surface area contributed by atoms with Crippen LogP contribution in [0.1, 0.15) is 47.1 Å². The van der Waals surface area contributed by atoms with Gasteiger partial charge in [-0.25, -0.2) is 14.7 Å². The van der Waals surface area contributed by atoms with Gasteiger partial charge in [0, 0.05) is 25.5 Å². The fourth-order valence-corrected chi connectivity index (χ4v) is 5.39. The summed E-state index contributed by atoms with van der Waals surface area (Å²) in [6.45, 7) is 18.7. The average Bonchev–Trinajstić information content (AvgIpc) is 2.65. The van der Waals surface area contributed by atoms with Gasteiger partial charge in [0.2, 0.25) is 5.95 Å². The summed E-state index contributed by atoms with van der Waals surface area (Å²) in [6.07, 6.45) is 0.745. The molecule has 0 saturated carbocycles. The second-order valence-electron chi connectivity index (χ2n) is 11.0. The molecule has 0 aliphatic carbocycles. The lowest BCUT2D eigenvalue weighted by Crippen LogP contribution is -2.47. The number of anilines is 1. The average molecular weight is 499 g/mol. The van der Waals surface area contributed by atoms with E-state index in [-0.39, 0.29) is 17.9 Å². The minimum atomic E-state index is -1.29. The molecule has 0 radical (unpaired) electrons. The van der Waals surface area contributed by atoms with Crippen LogP contribution in [0.2, 0.25) is 25.7 Å². The molecule has 1 amide bonds. The van der Waals surface area contributed by atoms with E-state index in [1.54, 1.807) is 6.07 Å². The molecule has 0 bridgehead atoms. The molecular formula is C23H39FN4O3SSi. The fraction of sp³-hybridized carbons (Fsp3) is 0.696. The maximum atomic E-state index is 14.8. The summed E-state index contributed by atoms with van der Waals surface area (Å²) >= 11 is 1.46. The molecule has 1 aromatic heterocycles. The summed E-state index contributed by atoms with van der Waals surface area (Å²) in [5.74, 6) is -0.659. The van der Waals surface area contributed by atoms with Gasteiger partial charge in [-0.05, 0) is 45.7 Å². The van der Waals surface area contributed by atoms with Crippen LogP contribution in [0.3, 0.4) is 0 Å². The van der Waals surface area contributed by atoms with Crippen LogP contribution in [-0.4, -0.2) is 53.4 Å². The van der Waals surface area contributed by atoms with Crippen molar-refractivity contribution >= 4 is 36.8 Å². The van der Waals surface area contributed by atoms with Gasteiger partial charge in [0.05, 0.1) is 17.4 Å². The number of nitrogen functional groups attached to an aromatic ring is 1. The van der Waals surface area contributed by atoms with Crippen LogP contribution in [-0.2, 0) is 15.0 Å². The van der Waals surface area contributed by atoms with Crippen molar-refractivity contribution in [3.05, 3.63) is 23.8 Å². The zero-order valence-electron chi connectivity index (χ0n) is 21.4. The molecule has 0 saturated heterocycles. The minimum absolute atomic E-state index is 0.0140. The van der Waals surface area contributed by atoms with E-state index in [1.807, 2.05) is 41.5 Å². The topological polar surface area (TPSA) is 90.0 Å². The highest BCUT2D eigenvalue weighted by molar-refractivity contribution is 8.14. The molecule has 1 aromatic rings. The summed E-state index contributed by atoms with van der Waals surface area (Å²) in [5, 5.41) is 0.474. The van der Waals surface area contributed by atoms with Crippen LogP contribution in [0, 0.1) is 11.9 Å². The summed E-state index contributed by atoms with van der Waals surface area (Å²) < 4.78 is 26.3. The number of amides is 1. The predicted octanol–water partition coefficient (Wildman–Crippen LogP) is 5.69. The smallest absolute Gasteiger partial charge is 0.418 e. The lowest BCUT2D eigenvalue weighted by molar-refractivity contribution is 0.0109. The first-order chi connectivity index (χ1) is 15.0. The first kappa shape index (κ1) is 27.6. The predicted molar refractivity (Wildman–Crippen MR) is 137 cm³/mol. The van der Waals surface area contributed by atoms with Crippen molar-refractivity contribution in [2.45, 2.75) is 83.6 Å². The Morgan fingerprint density at radius 2 is 1.97 bits per heavy atom. The van der Waals surface area contributed by atoms with Crippen LogP contribution in [0.4, 0.5) is 14.9 Å². The van der Waals surface area contributed by atoms with Crippen molar-refractivity contribution in [2.75, 3.05) is 19.1 Å². The second-order valence-corrected chi connectivity index (χ2v) is 18.0. The first-order valence-corrected chi connectivity index (χ1v) is 15.9. The van der Waals surface area contributed by atoms with E-state index < -0.39 is 31.3 Å². The van der Waals surface area contributed by atoms with Gasteiger partial charge in [0.1, 0.15) is 12.3 Å². The number of nitrogens with two attached hydrogens (primary N) is 1. The Kier molecular flexibility index (Phi) is 8.62. The summed E-state index contributed by atoms with van der Waals surface area (Å²) in [4.78, 5) is 23.2. The number of thioether (sulfide) groups is 1. The molecule has 3 atom stereocenters. The van der Waals surface area contributed by atoms with Crippen molar-refractivity contribution in [1.82, 2.24) is 9.88 Å². The number of carbonyl (C=O) groups is 1. The highest BCUT2D eigenvalue weighted by atomic mass is 32.2. The molecule has 186 valence electrons. The summed E-state index contributed by atoms with van der Waals surface area (Å²) in [7, 11) is -1.29. The molecule has 0 fully saturated rings. The third-order valence-electron chi connectivity index (χ3n) is 5.68. The third kappa shape index (κ3) is 7.41. The van der Waals surface area contributed by atoms with Crippen LogP contribution >= 0.6 is 11.8 Å². The number of hydrogen-bond acceptors (Lipinski definition) is 7. The van der Waals surface area contributed by atoms with E-state index in [4.69, 9.17) is 20.2 Å². The zero-order valence-corrected chi connectivity index (χ0v) is 23.2. The van der Waals surface area contributed by atoms with Crippen LogP contribution in [0.25, 0.3) is 0 Å². The number of ether oxygens (including phenoxy) is 2.